The Bertz CT molecular complexity index is 547. The number of nitrogens with zero attached hydrogens (tertiary/aromatic N) is 2. The fourth-order valence-electron chi connectivity index (χ4n) is 1.76. The topological polar surface area (TPSA) is 72.9 Å². The third-order valence-corrected chi connectivity index (χ3v) is 2.56. The van der Waals surface area contributed by atoms with Crippen LogP contribution < -0.4 is 11.1 Å². The Morgan fingerprint density at radius 1 is 1.39 bits per heavy atom. The number of primary amides is 1. The normalized spacial score (nSPS) is 10.5. The first-order valence-corrected chi connectivity index (χ1v) is 5.76. The molecule has 0 atom stereocenters. The van der Waals surface area contributed by atoms with Crippen LogP contribution in [0.3, 0.4) is 0 Å². The summed E-state index contributed by atoms with van der Waals surface area (Å²) in [5, 5.41) is 2.99. The van der Waals surface area contributed by atoms with Gasteiger partial charge in [-0.15, -0.1) is 0 Å². The summed E-state index contributed by atoms with van der Waals surface area (Å²) in [6.45, 7) is 2.70. The van der Waals surface area contributed by atoms with Crippen LogP contribution in [0.15, 0.2) is 36.5 Å². The lowest BCUT2D eigenvalue weighted by Crippen LogP contribution is -2.28. The Balaban J connectivity index is 2.15. The summed E-state index contributed by atoms with van der Waals surface area (Å²) in [5.74, 6) is 0.512. The number of pyridine rings is 1. The fourth-order valence-corrected chi connectivity index (χ4v) is 1.76. The van der Waals surface area contributed by atoms with Crippen LogP contribution in [0.4, 0.5) is 0 Å². The maximum absolute atomic E-state index is 10.7. The molecule has 18 heavy (non-hydrogen) atoms. The summed E-state index contributed by atoms with van der Waals surface area (Å²) in [6.07, 6.45) is 1.95. The Morgan fingerprint density at radius 2 is 2.22 bits per heavy atom. The zero-order valence-corrected chi connectivity index (χ0v) is 10.3. The van der Waals surface area contributed by atoms with Gasteiger partial charge in [-0.3, -0.25) is 4.79 Å². The zero-order valence-electron chi connectivity index (χ0n) is 10.3. The standard InChI is InChI=1S/C13H16N4O/c1-10-4-2-6-13(16-10)17-7-3-5-11(17)8-15-9-12(14)18/h2-7,15H,8-9H2,1H3,(H2,14,18). The first kappa shape index (κ1) is 12.3. The number of hydrogen-bond donors (Lipinski definition) is 2. The van der Waals surface area contributed by atoms with Crippen LogP contribution >= 0.6 is 0 Å². The van der Waals surface area contributed by atoms with Crippen molar-refractivity contribution in [1.29, 1.82) is 0 Å². The van der Waals surface area contributed by atoms with Crippen LogP contribution in [0.2, 0.25) is 0 Å². The van der Waals surface area contributed by atoms with Crippen molar-refractivity contribution in [2.45, 2.75) is 13.5 Å². The molecule has 2 aromatic rings. The summed E-state index contributed by atoms with van der Waals surface area (Å²) in [4.78, 5) is 15.1. The summed E-state index contributed by atoms with van der Waals surface area (Å²) in [7, 11) is 0. The van der Waals surface area contributed by atoms with Crippen molar-refractivity contribution < 1.29 is 4.79 Å². The molecule has 0 aliphatic rings. The third kappa shape index (κ3) is 2.95. The molecule has 2 aromatic heterocycles. The van der Waals surface area contributed by atoms with E-state index in [1.807, 2.05) is 48.0 Å². The molecule has 2 rings (SSSR count). The van der Waals surface area contributed by atoms with Crippen LogP contribution in [-0.4, -0.2) is 22.0 Å². The van der Waals surface area contributed by atoms with E-state index in [4.69, 9.17) is 5.73 Å². The molecule has 2 heterocycles. The molecule has 0 radical (unpaired) electrons. The molecular weight excluding hydrogens is 228 g/mol. The van der Waals surface area contributed by atoms with Gasteiger partial charge in [0.1, 0.15) is 5.82 Å². The molecule has 0 bridgehead atoms. The molecular formula is C13H16N4O. The number of aryl methyl sites for hydroxylation is 1. The summed E-state index contributed by atoms with van der Waals surface area (Å²) in [5.41, 5.74) is 7.09. The number of carbonyl (C=O) groups excluding carboxylic acids is 1. The quantitative estimate of drug-likeness (QED) is 0.815. The van der Waals surface area contributed by atoms with Crippen LogP contribution in [0.5, 0.6) is 0 Å². The summed E-state index contributed by atoms with van der Waals surface area (Å²) in [6, 6.07) is 9.81. The number of carbonyl (C=O) groups is 1. The smallest absolute Gasteiger partial charge is 0.231 e. The second-order valence-corrected chi connectivity index (χ2v) is 4.08. The van der Waals surface area contributed by atoms with E-state index in [0.29, 0.717) is 6.54 Å². The molecule has 1 amide bonds. The second-order valence-electron chi connectivity index (χ2n) is 4.08. The Kier molecular flexibility index (Phi) is 3.74. The number of aromatic nitrogens is 2. The average molecular weight is 244 g/mol. The molecule has 94 valence electrons. The van der Waals surface area contributed by atoms with Gasteiger partial charge in [0.05, 0.1) is 6.54 Å². The van der Waals surface area contributed by atoms with E-state index in [0.717, 1.165) is 17.2 Å². The number of nitrogens with one attached hydrogen (secondary N) is 1. The van der Waals surface area contributed by atoms with Crippen LogP contribution in [-0.2, 0) is 11.3 Å². The third-order valence-electron chi connectivity index (χ3n) is 2.56. The predicted octanol–water partition coefficient (Wildman–Crippen LogP) is 0.756. The monoisotopic (exact) mass is 244 g/mol. The van der Waals surface area contributed by atoms with E-state index < -0.39 is 0 Å². The van der Waals surface area contributed by atoms with Crippen molar-refractivity contribution in [3.05, 3.63) is 47.9 Å². The Labute approximate surface area is 106 Å². The highest BCUT2D eigenvalue weighted by Crippen LogP contribution is 2.10. The number of nitrogens with two attached hydrogens (primary N) is 1. The zero-order chi connectivity index (χ0) is 13.0. The molecule has 0 saturated carbocycles. The van der Waals surface area contributed by atoms with Gasteiger partial charge in [0.25, 0.3) is 0 Å². The van der Waals surface area contributed by atoms with Gasteiger partial charge in [-0.05, 0) is 31.2 Å². The lowest BCUT2D eigenvalue weighted by atomic mass is 10.3. The average Bonchev–Trinajstić information content (AvgIpc) is 2.77. The highest BCUT2D eigenvalue weighted by molar-refractivity contribution is 5.75. The van der Waals surface area contributed by atoms with Gasteiger partial charge in [0.2, 0.25) is 5.91 Å². The van der Waals surface area contributed by atoms with Crippen molar-refractivity contribution in [1.82, 2.24) is 14.9 Å². The molecule has 0 aliphatic heterocycles. The van der Waals surface area contributed by atoms with Crippen LogP contribution in [0.25, 0.3) is 5.82 Å². The van der Waals surface area contributed by atoms with E-state index in [1.54, 1.807) is 0 Å². The van der Waals surface area contributed by atoms with Crippen LogP contribution in [0, 0.1) is 6.92 Å². The molecule has 0 aromatic carbocycles. The number of rotatable bonds is 5. The first-order valence-electron chi connectivity index (χ1n) is 5.76. The van der Waals surface area contributed by atoms with E-state index >= 15 is 0 Å². The largest absolute Gasteiger partial charge is 0.369 e. The Morgan fingerprint density at radius 3 is 2.94 bits per heavy atom. The van der Waals surface area contributed by atoms with Gasteiger partial charge in [0.15, 0.2) is 0 Å². The molecule has 5 nitrogen and oxygen atoms in total. The summed E-state index contributed by atoms with van der Waals surface area (Å²) >= 11 is 0. The van der Waals surface area contributed by atoms with Gasteiger partial charge in [-0.2, -0.15) is 0 Å². The fraction of sp³-hybridized carbons (Fsp3) is 0.231. The molecule has 0 fully saturated rings. The van der Waals surface area contributed by atoms with E-state index in [-0.39, 0.29) is 12.5 Å². The van der Waals surface area contributed by atoms with Gasteiger partial charge < -0.3 is 15.6 Å². The molecule has 0 aliphatic carbocycles. The number of amides is 1. The molecule has 0 unspecified atom stereocenters. The number of hydrogen-bond acceptors (Lipinski definition) is 3. The molecule has 0 spiro atoms. The minimum Gasteiger partial charge on any atom is -0.369 e. The minimum absolute atomic E-state index is 0.173. The van der Waals surface area contributed by atoms with Crippen molar-refractivity contribution in [3.63, 3.8) is 0 Å². The van der Waals surface area contributed by atoms with Crippen molar-refractivity contribution >= 4 is 5.91 Å². The van der Waals surface area contributed by atoms with Crippen LogP contribution in [0.1, 0.15) is 11.4 Å². The van der Waals surface area contributed by atoms with Gasteiger partial charge >= 0.3 is 0 Å². The van der Waals surface area contributed by atoms with E-state index in [9.17, 15) is 4.79 Å². The molecule has 5 heteroatoms. The van der Waals surface area contributed by atoms with E-state index in [2.05, 4.69) is 10.3 Å². The lowest BCUT2D eigenvalue weighted by Gasteiger charge is -2.09. The molecule has 0 saturated heterocycles. The lowest BCUT2D eigenvalue weighted by molar-refractivity contribution is -0.117. The minimum atomic E-state index is -0.359. The van der Waals surface area contributed by atoms with E-state index in [1.165, 1.54) is 0 Å². The predicted molar refractivity (Wildman–Crippen MR) is 69.2 cm³/mol. The first-order chi connectivity index (χ1) is 8.66. The maximum atomic E-state index is 10.7. The van der Waals surface area contributed by atoms with Crippen molar-refractivity contribution in [3.8, 4) is 5.82 Å². The molecule has 3 N–H and O–H groups in total. The highest BCUT2D eigenvalue weighted by Gasteiger charge is 2.04. The van der Waals surface area contributed by atoms with Crippen molar-refractivity contribution in [2.75, 3.05) is 6.54 Å². The summed E-state index contributed by atoms with van der Waals surface area (Å²) < 4.78 is 1.99. The SMILES string of the molecule is Cc1cccc(-n2cccc2CNCC(N)=O)n1. The highest BCUT2D eigenvalue weighted by atomic mass is 16.1. The second kappa shape index (κ2) is 5.46. The van der Waals surface area contributed by atoms with Crippen molar-refractivity contribution in [2.24, 2.45) is 5.73 Å². The van der Waals surface area contributed by atoms with Gasteiger partial charge in [-0.1, -0.05) is 6.07 Å². The maximum Gasteiger partial charge on any atom is 0.231 e. The van der Waals surface area contributed by atoms with Gasteiger partial charge in [-0.25, -0.2) is 4.98 Å². The van der Waals surface area contributed by atoms with Gasteiger partial charge in [0, 0.05) is 24.1 Å². The Hall–Kier alpha value is -2.14.